The molecular weight excluding hydrogens is 290 g/mol. The summed E-state index contributed by atoms with van der Waals surface area (Å²) in [5.74, 6) is 1.39. The second-order valence-corrected chi connectivity index (χ2v) is 5.64. The van der Waals surface area contributed by atoms with Gasteiger partial charge in [0.15, 0.2) is 6.61 Å². The molecule has 0 fully saturated rings. The number of hydrogen-bond acceptors (Lipinski definition) is 3. The lowest BCUT2D eigenvalue weighted by Crippen LogP contribution is -2.28. The SMILES string of the molecule is Cc1ccccc1OCC(=O)NCc1cccc(OC(C)C)c1. The highest BCUT2D eigenvalue weighted by molar-refractivity contribution is 5.77. The Bertz CT molecular complexity index is 653. The lowest BCUT2D eigenvalue weighted by Gasteiger charge is -2.12. The Hall–Kier alpha value is -2.49. The highest BCUT2D eigenvalue weighted by Crippen LogP contribution is 2.16. The van der Waals surface area contributed by atoms with Crippen molar-refractivity contribution in [2.45, 2.75) is 33.4 Å². The van der Waals surface area contributed by atoms with Crippen molar-refractivity contribution in [1.82, 2.24) is 5.32 Å². The molecule has 0 heterocycles. The summed E-state index contributed by atoms with van der Waals surface area (Å²) >= 11 is 0. The van der Waals surface area contributed by atoms with Crippen molar-refractivity contribution in [3.05, 3.63) is 59.7 Å². The van der Waals surface area contributed by atoms with E-state index in [-0.39, 0.29) is 18.6 Å². The average Bonchev–Trinajstić information content (AvgIpc) is 2.52. The smallest absolute Gasteiger partial charge is 0.258 e. The Morgan fingerprint density at radius 1 is 1.13 bits per heavy atom. The van der Waals surface area contributed by atoms with Crippen molar-refractivity contribution >= 4 is 5.91 Å². The van der Waals surface area contributed by atoms with Crippen LogP contribution in [-0.2, 0) is 11.3 Å². The first-order chi connectivity index (χ1) is 11.0. The molecule has 0 saturated carbocycles. The molecule has 0 spiro atoms. The molecule has 0 aliphatic heterocycles. The van der Waals surface area contributed by atoms with Gasteiger partial charge in [0.2, 0.25) is 0 Å². The van der Waals surface area contributed by atoms with Crippen LogP contribution in [0.1, 0.15) is 25.0 Å². The largest absolute Gasteiger partial charge is 0.491 e. The number of ether oxygens (including phenoxy) is 2. The molecule has 1 N–H and O–H groups in total. The normalized spacial score (nSPS) is 10.4. The summed E-state index contributed by atoms with van der Waals surface area (Å²) in [5, 5.41) is 2.85. The molecule has 1 amide bonds. The number of rotatable bonds is 7. The third-order valence-corrected chi connectivity index (χ3v) is 3.21. The second kappa shape index (κ2) is 8.22. The molecule has 0 bridgehead atoms. The van der Waals surface area contributed by atoms with E-state index in [1.807, 2.05) is 69.3 Å². The fourth-order valence-corrected chi connectivity index (χ4v) is 2.11. The number of nitrogens with one attached hydrogen (secondary N) is 1. The minimum Gasteiger partial charge on any atom is -0.491 e. The molecule has 23 heavy (non-hydrogen) atoms. The van der Waals surface area contributed by atoms with Crippen LogP contribution in [0, 0.1) is 6.92 Å². The number of benzene rings is 2. The van der Waals surface area contributed by atoms with E-state index in [4.69, 9.17) is 9.47 Å². The minimum absolute atomic E-state index is 0.00698. The highest BCUT2D eigenvalue weighted by Gasteiger charge is 2.05. The lowest BCUT2D eigenvalue weighted by atomic mass is 10.2. The molecule has 0 saturated heterocycles. The molecule has 0 aliphatic rings. The Morgan fingerprint density at radius 3 is 2.65 bits per heavy atom. The molecule has 0 radical (unpaired) electrons. The Balaban J connectivity index is 1.81. The van der Waals surface area contributed by atoms with Crippen molar-refractivity contribution in [3.63, 3.8) is 0 Å². The predicted octanol–water partition coefficient (Wildman–Crippen LogP) is 3.48. The Kier molecular flexibility index (Phi) is 6.03. The summed E-state index contributed by atoms with van der Waals surface area (Å²) in [6.07, 6.45) is 0.127. The van der Waals surface area contributed by atoms with Crippen molar-refractivity contribution < 1.29 is 14.3 Å². The molecule has 2 aromatic rings. The zero-order chi connectivity index (χ0) is 16.7. The van der Waals surface area contributed by atoms with Gasteiger partial charge in [-0.2, -0.15) is 0 Å². The molecular formula is C19H23NO3. The first kappa shape index (κ1) is 16.9. The van der Waals surface area contributed by atoms with E-state index in [2.05, 4.69) is 5.32 Å². The van der Waals surface area contributed by atoms with Gasteiger partial charge in [-0.15, -0.1) is 0 Å². The summed E-state index contributed by atoms with van der Waals surface area (Å²) in [4.78, 5) is 11.9. The average molecular weight is 313 g/mol. The number of carbonyl (C=O) groups excluding carboxylic acids is 1. The molecule has 2 rings (SSSR count). The molecule has 4 heteroatoms. The van der Waals surface area contributed by atoms with Crippen molar-refractivity contribution in [3.8, 4) is 11.5 Å². The maximum Gasteiger partial charge on any atom is 0.258 e. The maximum atomic E-state index is 11.9. The molecule has 2 aromatic carbocycles. The van der Waals surface area contributed by atoms with Crippen LogP contribution in [0.3, 0.4) is 0 Å². The molecule has 0 aromatic heterocycles. The van der Waals surface area contributed by atoms with Crippen LogP contribution in [0.5, 0.6) is 11.5 Å². The van der Waals surface area contributed by atoms with Crippen LogP contribution in [0.4, 0.5) is 0 Å². The van der Waals surface area contributed by atoms with E-state index < -0.39 is 0 Å². The van der Waals surface area contributed by atoms with Gasteiger partial charge in [0.05, 0.1) is 6.10 Å². The van der Waals surface area contributed by atoms with Gasteiger partial charge in [0, 0.05) is 6.54 Å². The summed E-state index contributed by atoms with van der Waals surface area (Å²) in [6, 6.07) is 15.4. The van der Waals surface area contributed by atoms with Crippen molar-refractivity contribution in [2.24, 2.45) is 0 Å². The summed E-state index contributed by atoms with van der Waals surface area (Å²) in [5.41, 5.74) is 2.01. The van der Waals surface area contributed by atoms with Gasteiger partial charge in [-0.3, -0.25) is 4.79 Å². The van der Waals surface area contributed by atoms with Crippen LogP contribution in [0.25, 0.3) is 0 Å². The van der Waals surface area contributed by atoms with Gasteiger partial charge in [-0.05, 0) is 50.1 Å². The number of aryl methyl sites for hydroxylation is 1. The van der Waals surface area contributed by atoms with E-state index in [1.165, 1.54) is 0 Å². The third kappa shape index (κ3) is 5.66. The topological polar surface area (TPSA) is 47.6 Å². The van der Waals surface area contributed by atoms with Crippen LogP contribution in [0.2, 0.25) is 0 Å². The lowest BCUT2D eigenvalue weighted by molar-refractivity contribution is -0.123. The molecule has 4 nitrogen and oxygen atoms in total. The van der Waals surface area contributed by atoms with Gasteiger partial charge in [-0.1, -0.05) is 30.3 Å². The van der Waals surface area contributed by atoms with Crippen LogP contribution >= 0.6 is 0 Å². The zero-order valence-corrected chi connectivity index (χ0v) is 13.8. The number of carbonyl (C=O) groups is 1. The molecule has 0 unspecified atom stereocenters. The maximum absolute atomic E-state index is 11.9. The number of amides is 1. The van der Waals surface area contributed by atoms with Crippen molar-refractivity contribution in [2.75, 3.05) is 6.61 Å². The summed E-state index contributed by atoms with van der Waals surface area (Å²) in [6.45, 7) is 6.38. The molecule has 122 valence electrons. The predicted molar refractivity (Wildman–Crippen MR) is 90.7 cm³/mol. The van der Waals surface area contributed by atoms with Crippen LogP contribution in [0.15, 0.2) is 48.5 Å². The van der Waals surface area contributed by atoms with Crippen LogP contribution < -0.4 is 14.8 Å². The number of para-hydroxylation sites is 1. The van der Waals surface area contributed by atoms with E-state index in [0.717, 1.165) is 22.6 Å². The van der Waals surface area contributed by atoms with Gasteiger partial charge < -0.3 is 14.8 Å². The van der Waals surface area contributed by atoms with Gasteiger partial charge in [-0.25, -0.2) is 0 Å². The van der Waals surface area contributed by atoms with E-state index in [9.17, 15) is 4.79 Å². The second-order valence-electron chi connectivity index (χ2n) is 5.64. The van der Waals surface area contributed by atoms with E-state index in [0.29, 0.717) is 6.54 Å². The fraction of sp³-hybridized carbons (Fsp3) is 0.316. The Labute approximate surface area is 137 Å². The minimum atomic E-state index is -0.150. The zero-order valence-electron chi connectivity index (χ0n) is 13.8. The standard InChI is InChI=1S/C19H23NO3/c1-14(2)23-17-9-6-8-16(11-17)12-20-19(21)13-22-18-10-5-4-7-15(18)3/h4-11,14H,12-13H2,1-3H3,(H,20,21). The quantitative estimate of drug-likeness (QED) is 0.851. The van der Waals surface area contributed by atoms with E-state index >= 15 is 0 Å². The molecule has 0 aliphatic carbocycles. The first-order valence-corrected chi connectivity index (χ1v) is 7.75. The fourth-order valence-electron chi connectivity index (χ4n) is 2.11. The van der Waals surface area contributed by atoms with E-state index in [1.54, 1.807) is 0 Å². The van der Waals surface area contributed by atoms with Crippen LogP contribution in [-0.4, -0.2) is 18.6 Å². The number of hydrogen-bond donors (Lipinski definition) is 1. The summed E-state index contributed by atoms with van der Waals surface area (Å²) in [7, 11) is 0. The third-order valence-electron chi connectivity index (χ3n) is 3.21. The Morgan fingerprint density at radius 2 is 1.91 bits per heavy atom. The van der Waals surface area contributed by atoms with Gasteiger partial charge >= 0.3 is 0 Å². The monoisotopic (exact) mass is 313 g/mol. The summed E-state index contributed by atoms with van der Waals surface area (Å²) < 4.78 is 11.2. The van der Waals surface area contributed by atoms with Gasteiger partial charge in [0.1, 0.15) is 11.5 Å². The van der Waals surface area contributed by atoms with Crippen molar-refractivity contribution in [1.29, 1.82) is 0 Å². The highest BCUT2D eigenvalue weighted by atomic mass is 16.5. The molecule has 0 atom stereocenters. The van der Waals surface area contributed by atoms with Gasteiger partial charge in [0.25, 0.3) is 5.91 Å². The first-order valence-electron chi connectivity index (χ1n) is 7.75.